The number of furan rings is 1. The molecule has 0 aliphatic heterocycles. The van der Waals surface area contributed by atoms with Crippen LogP contribution in [-0.2, 0) is 0 Å². The van der Waals surface area contributed by atoms with Crippen molar-refractivity contribution >= 4 is 75.3 Å². The first-order valence-electron chi connectivity index (χ1n) is 16.9. The lowest BCUT2D eigenvalue weighted by Gasteiger charge is -2.10. The third-order valence-electron chi connectivity index (χ3n) is 9.86. The summed E-state index contributed by atoms with van der Waals surface area (Å²) in [5.41, 5.74) is 8.00. The smallest absolute Gasteiger partial charge is 0.165 e. The summed E-state index contributed by atoms with van der Waals surface area (Å²) in [4.78, 5) is 15.4. The molecule has 0 spiro atoms. The fourth-order valence-corrected chi connectivity index (χ4v) is 8.72. The van der Waals surface area contributed by atoms with E-state index in [1.54, 1.807) is 11.3 Å². The Labute approximate surface area is 295 Å². The molecular weight excluding hydrogens is 645 g/mol. The normalized spacial score (nSPS) is 11.9. The monoisotopic (exact) mass is 670 g/mol. The summed E-state index contributed by atoms with van der Waals surface area (Å²) in [6.07, 6.45) is 0. The van der Waals surface area contributed by atoms with Gasteiger partial charge in [0.1, 0.15) is 11.2 Å². The van der Waals surface area contributed by atoms with Gasteiger partial charge in [0.25, 0.3) is 0 Å². The van der Waals surface area contributed by atoms with E-state index in [4.69, 9.17) is 19.4 Å². The second kappa shape index (κ2) is 10.9. The average Bonchev–Trinajstić information content (AvgIpc) is 3.87. The SMILES string of the molecule is c1ccc(-c2nc(-c3ccc4c(c3)c3ccccc3n4-c3ccc4oc5ccccc5c4c3)nc(-c3cccc4c3sc3ccccc34)n2)cc1. The molecule has 0 N–H and O–H groups in total. The van der Waals surface area contributed by atoms with Crippen LogP contribution in [0.5, 0.6) is 0 Å². The first-order valence-corrected chi connectivity index (χ1v) is 17.8. The first kappa shape index (κ1) is 28.2. The molecule has 4 heterocycles. The van der Waals surface area contributed by atoms with E-state index >= 15 is 0 Å². The van der Waals surface area contributed by atoms with Gasteiger partial charge in [-0.15, -0.1) is 11.3 Å². The molecular formula is C45H26N4OS. The van der Waals surface area contributed by atoms with Gasteiger partial charge >= 0.3 is 0 Å². The van der Waals surface area contributed by atoms with Crippen LogP contribution >= 0.6 is 11.3 Å². The quantitative estimate of drug-likeness (QED) is 0.187. The van der Waals surface area contributed by atoms with Crippen LogP contribution in [0.4, 0.5) is 0 Å². The molecule has 6 heteroatoms. The van der Waals surface area contributed by atoms with Crippen molar-refractivity contribution in [1.82, 2.24) is 19.5 Å². The van der Waals surface area contributed by atoms with Crippen LogP contribution < -0.4 is 0 Å². The molecule has 7 aromatic carbocycles. The number of nitrogens with zero attached hydrogens (tertiary/aromatic N) is 4. The molecule has 0 saturated carbocycles. The number of para-hydroxylation sites is 2. The van der Waals surface area contributed by atoms with Crippen molar-refractivity contribution in [3.63, 3.8) is 0 Å². The molecule has 0 saturated heterocycles. The van der Waals surface area contributed by atoms with Crippen LogP contribution in [0, 0.1) is 0 Å². The highest BCUT2D eigenvalue weighted by atomic mass is 32.1. The second-order valence-corrected chi connectivity index (χ2v) is 13.9. The third-order valence-corrected chi connectivity index (χ3v) is 11.1. The lowest BCUT2D eigenvalue weighted by Crippen LogP contribution is -2.00. The van der Waals surface area contributed by atoms with Gasteiger partial charge in [-0.3, -0.25) is 0 Å². The van der Waals surface area contributed by atoms with Crippen LogP contribution in [0.1, 0.15) is 0 Å². The Morgan fingerprint density at radius 2 is 1.12 bits per heavy atom. The molecule has 0 aliphatic carbocycles. The summed E-state index contributed by atoms with van der Waals surface area (Å²) >= 11 is 1.78. The maximum atomic E-state index is 6.16. The van der Waals surface area contributed by atoms with Gasteiger partial charge in [-0.2, -0.15) is 0 Å². The molecule has 51 heavy (non-hydrogen) atoms. The Hall–Kier alpha value is -6.63. The van der Waals surface area contributed by atoms with Crippen molar-refractivity contribution in [2.24, 2.45) is 0 Å². The molecule has 0 radical (unpaired) electrons. The van der Waals surface area contributed by atoms with Crippen molar-refractivity contribution in [3.05, 3.63) is 158 Å². The van der Waals surface area contributed by atoms with Gasteiger partial charge in [0.05, 0.1) is 11.0 Å². The maximum absolute atomic E-state index is 6.16. The van der Waals surface area contributed by atoms with E-state index in [0.717, 1.165) is 60.7 Å². The van der Waals surface area contributed by atoms with E-state index in [0.29, 0.717) is 17.5 Å². The molecule has 0 unspecified atom stereocenters. The molecule has 238 valence electrons. The number of aromatic nitrogens is 4. The highest BCUT2D eigenvalue weighted by Gasteiger charge is 2.19. The summed E-state index contributed by atoms with van der Waals surface area (Å²) < 4.78 is 10.9. The molecule has 0 aliphatic rings. The van der Waals surface area contributed by atoms with E-state index in [1.165, 1.54) is 25.6 Å². The summed E-state index contributed by atoms with van der Waals surface area (Å²) in [5.74, 6) is 1.96. The summed E-state index contributed by atoms with van der Waals surface area (Å²) in [5, 5.41) is 6.98. The van der Waals surface area contributed by atoms with E-state index in [2.05, 4.69) is 132 Å². The topological polar surface area (TPSA) is 56.7 Å². The van der Waals surface area contributed by atoms with Gasteiger partial charge in [0, 0.05) is 64.1 Å². The fraction of sp³-hybridized carbons (Fsp3) is 0. The molecule has 4 aromatic heterocycles. The maximum Gasteiger partial charge on any atom is 0.165 e. The lowest BCUT2D eigenvalue weighted by molar-refractivity contribution is 0.669. The minimum absolute atomic E-state index is 0.641. The van der Waals surface area contributed by atoms with Crippen molar-refractivity contribution < 1.29 is 4.42 Å². The molecule has 0 atom stereocenters. The number of fused-ring (bicyclic) bond motifs is 9. The van der Waals surface area contributed by atoms with Crippen LogP contribution in [-0.4, -0.2) is 19.5 Å². The van der Waals surface area contributed by atoms with E-state index in [-0.39, 0.29) is 0 Å². The molecule has 0 fully saturated rings. The van der Waals surface area contributed by atoms with Crippen LogP contribution in [0.2, 0.25) is 0 Å². The van der Waals surface area contributed by atoms with Gasteiger partial charge in [-0.25, -0.2) is 15.0 Å². The van der Waals surface area contributed by atoms with Crippen molar-refractivity contribution in [1.29, 1.82) is 0 Å². The molecule has 0 bridgehead atoms. The van der Waals surface area contributed by atoms with Crippen molar-refractivity contribution in [2.45, 2.75) is 0 Å². The first-order chi connectivity index (χ1) is 25.3. The zero-order valence-electron chi connectivity index (χ0n) is 27.1. The van der Waals surface area contributed by atoms with Crippen LogP contribution in [0.15, 0.2) is 162 Å². The molecule has 11 rings (SSSR count). The average molecular weight is 671 g/mol. The summed E-state index contributed by atoms with van der Waals surface area (Å²) in [7, 11) is 0. The minimum Gasteiger partial charge on any atom is -0.456 e. The number of hydrogen-bond donors (Lipinski definition) is 0. The third kappa shape index (κ3) is 4.37. The van der Waals surface area contributed by atoms with Gasteiger partial charge in [-0.1, -0.05) is 97.1 Å². The van der Waals surface area contributed by atoms with E-state index < -0.39 is 0 Å². The Bertz CT molecular complexity index is 3150. The van der Waals surface area contributed by atoms with Gasteiger partial charge < -0.3 is 8.98 Å². The zero-order valence-corrected chi connectivity index (χ0v) is 27.9. The van der Waals surface area contributed by atoms with Gasteiger partial charge in [-0.05, 0) is 60.7 Å². The molecule has 0 amide bonds. The predicted octanol–water partition coefficient (Wildman–Crippen LogP) is 12.2. The van der Waals surface area contributed by atoms with Gasteiger partial charge in [0.15, 0.2) is 17.5 Å². The number of thiophene rings is 1. The lowest BCUT2D eigenvalue weighted by atomic mass is 10.1. The van der Waals surface area contributed by atoms with Crippen LogP contribution in [0.3, 0.4) is 0 Å². The van der Waals surface area contributed by atoms with Crippen molar-refractivity contribution in [3.8, 4) is 39.9 Å². The number of hydrogen-bond acceptors (Lipinski definition) is 5. The van der Waals surface area contributed by atoms with E-state index in [1.807, 2.05) is 30.3 Å². The Morgan fingerprint density at radius 3 is 2.02 bits per heavy atom. The highest BCUT2D eigenvalue weighted by Crippen LogP contribution is 2.41. The second-order valence-electron chi connectivity index (χ2n) is 12.8. The largest absolute Gasteiger partial charge is 0.456 e. The number of rotatable bonds is 4. The fourth-order valence-electron chi connectivity index (χ4n) is 7.51. The molecule has 11 aromatic rings. The minimum atomic E-state index is 0.641. The van der Waals surface area contributed by atoms with Gasteiger partial charge in [0.2, 0.25) is 0 Å². The standard InChI is InChI=1S/C45H26N4OS/c1-2-11-27(12-3-1)43-46-44(48-45(47-43)34-17-10-16-33-32-15-6-9-20-41(32)51-42(33)34)28-21-23-38-35(25-28)30-13-4-7-18-37(30)49(38)29-22-24-40-36(26-29)31-14-5-8-19-39(31)50-40/h1-26H. The van der Waals surface area contributed by atoms with Crippen LogP contribution in [0.25, 0.3) is 104 Å². The van der Waals surface area contributed by atoms with Crippen molar-refractivity contribution in [2.75, 3.05) is 0 Å². The Kier molecular flexibility index (Phi) is 6.05. The predicted molar refractivity (Wildman–Crippen MR) is 211 cm³/mol. The number of benzene rings is 7. The molecule has 5 nitrogen and oxygen atoms in total. The summed E-state index contributed by atoms with van der Waals surface area (Å²) in [6.45, 7) is 0. The Balaban J connectivity index is 1.13. The highest BCUT2D eigenvalue weighted by molar-refractivity contribution is 7.26. The Morgan fingerprint density at radius 1 is 0.431 bits per heavy atom. The summed E-state index contributed by atoms with van der Waals surface area (Å²) in [6, 6.07) is 55.0. The zero-order chi connectivity index (χ0) is 33.5. The van der Waals surface area contributed by atoms with E-state index in [9.17, 15) is 0 Å².